The van der Waals surface area contributed by atoms with Gasteiger partial charge in [-0.1, -0.05) is 20.8 Å². The lowest BCUT2D eigenvalue weighted by Crippen LogP contribution is -2.55. The standard InChI is InChI=1S/C21H38N4O6/c1-14(2)15(3)12-16(22-21(28)31-25-8-10-29-11-9-25)20(27)23-19-17(26)13-30-18(19)6-7-24(4)5/h14-16,18-19H,6-13H2,1-5H3,(H,22,28)(H,23,27)/t15?,16-,18?,19?/m0/s1. The van der Waals surface area contributed by atoms with E-state index in [1.807, 2.05) is 25.9 Å². The van der Waals surface area contributed by atoms with Crippen molar-refractivity contribution in [1.29, 1.82) is 0 Å². The van der Waals surface area contributed by atoms with Gasteiger partial charge in [0.25, 0.3) is 0 Å². The van der Waals surface area contributed by atoms with Crippen molar-refractivity contribution in [2.24, 2.45) is 11.8 Å². The van der Waals surface area contributed by atoms with E-state index in [-0.39, 0.29) is 24.4 Å². The highest BCUT2D eigenvalue weighted by Gasteiger charge is 2.38. The molecule has 0 radical (unpaired) electrons. The Bertz CT molecular complexity index is 609. The van der Waals surface area contributed by atoms with Crippen LogP contribution >= 0.6 is 0 Å². The minimum atomic E-state index is -0.811. The van der Waals surface area contributed by atoms with Gasteiger partial charge in [-0.25, -0.2) is 4.79 Å². The average molecular weight is 443 g/mol. The Morgan fingerprint density at radius 2 is 1.90 bits per heavy atom. The topological polar surface area (TPSA) is 109 Å². The number of carbonyl (C=O) groups excluding carboxylic acids is 3. The van der Waals surface area contributed by atoms with Crippen molar-refractivity contribution in [3.8, 4) is 0 Å². The van der Waals surface area contributed by atoms with Crippen molar-refractivity contribution < 1.29 is 28.7 Å². The molecule has 0 aromatic carbocycles. The molecule has 2 heterocycles. The van der Waals surface area contributed by atoms with Crippen LogP contribution in [0, 0.1) is 11.8 Å². The van der Waals surface area contributed by atoms with E-state index in [4.69, 9.17) is 14.3 Å². The number of ketones is 1. The fourth-order valence-corrected chi connectivity index (χ4v) is 3.44. The minimum Gasteiger partial charge on any atom is -0.379 e. The Morgan fingerprint density at radius 3 is 2.52 bits per heavy atom. The van der Waals surface area contributed by atoms with E-state index in [2.05, 4.69) is 24.5 Å². The van der Waals surface area contributed by atoms with Gasteiger partial charge in [-0.15, -0.1) is 5.06 Å². The summed E-state index contributed by atoms with van der Waals surface area (Å²) in [6.07, 6.45) is 0.00762. The highest BCUT2D eigenvalue weighted by atomic mass is 16.7. The lowest BCUT2D eigenvalue weighted by atomic mass is 9.90. The van der Waals surface area contributed by atoms with Gasteiger partial charge in [0.15, 0.2) is 5.78 Å². The fourth-order valence-electron chi connectivity index (χ4n) is 3.44. The summed E-state index contributed by atoms with van der Waals surface area (Å²) < 4.78 is 10.8. The van der Waals surface area contributed by atoms with Crippen molar-refractivity contribution in [1.82, 2.24) is 20.6 Å². The van der Waals surface area contributed by atoms with Crippen molar-refractivity contribution in [3.63, 3.8) is 0 Å². The van der Waals surface area contributed by atoms with Crippen LogP contribution in [0.5, 0.6) is 0 Å². The summed E-state index contributed by atoms with van der Waals surface area (Å²) in [7, 11) is 3.88. The maximum absolute atomic E-state index is 13.1. The highest BCUT2D eigenvalue weighted by Crippen LogP contribution is 2.19. The SMILES string of the molecule is CC(C)C(C)C[C@H](NC(=O)ON1CCOCC1)C(=O)NC1C(=O)COC1CCN(C)C. The van der Waals surface area contributed by atoms with E-state index in [0.717, 1.165) is 6.54 Å². The number of nitrogens with zero attached hydrogens (tertiary/aromatic N) is 2. The van der Waals surface area contributed by atoms with Crippen LogP contribution < -0.4 is 10.6 Å². The first-order valence-corrected chi connectivity index (χ1v) is 11.1. The molecule has 2 N–H and O–H groups in total. The number of ether oxygens (including phenoxy) is 2. The molecule has 2 aliphatic rings. The van der Waals surface area contributed by atoms with Gasteiger partial charge in [-0.2, -0.15) is 0 Å². The van der Waals surface area contributed by atoms with Crippen LogP contribution in [0.4, 0.5) is 4.79 Å². The first-order chi connectivity index (χ1) is 14.7. The highest BCUT2D eigenvalue weighted by molar-refractivity contribution is 5.94. The summed E-state index contributed by atoms with van der Waals surface area (Å²) in [4.78, 5) is 45.1. The van der Waals surface area contributed by atoms with Gasteiger partial charge in [0.2, 0.25) is 5.91 Å². The maximum atomic E-state index is 13.1. The molecule has 0 aromatic heterocycles. The molecule has 0 saturated carbocycles. The van der Waals surface area contributed by atoms with Gasteiger partial charge in [0.05, 0.1) is 32.4 Å². The van der Waals surface area contributed by atoms with Gasteiger partial charge >= 0.3 is 6.09 Å². The number of nitrogens with one attached hydrogen (secondary N) is 2. The maximum Gasteiger partial charge on any atom is 0.426 e. The van der Waals surface area contributed by atoms with Crippen LogP contribution in [0.1, 0.15) is 33.6 Å². The molecule has 0 spiro atoms. The Kier molecular flexibility index (Phi) is 10.1. The van der Waals surface area contributed by atoms with E-state index in [9.17, 15) is 14.4 Å². The van der Waals surface area contributed by atoms with Crippen LogP contribution in [-0.2, 0) is 23.9 Å². The predicted molar refractivity (Wildman–Crippen MR) is 114 cm³/mol. The second-order valence-electron chi connectivity index (χ2n) is 8.97. The molecular formula is C21H38N4O6. The van der Waals surface area contributed by atoms with Crippen molar-refractivity contribution in [2.45, 2.75) is 51.8 Å². The fraction of sp³-hybridized carbons (Fsp3) is 0.857. The van der Waals surface area contributed by atoms with Gasteiger partial charge in [0.1, 0.15) is 18.7 Å². The molecule has 178 valence electrons. The van der Waals surface area contributed by atoms with E-state index < -0.39 is 24.1 Å². The van der Waals surface area contributed by atoms with Crippen LogP contribution in [-0.4, -0.2) is 99.5 Å². The number of rotatable bonds is 10. The number of hydrogen-bond acceptors (Lipinski definition) is 8. The third kappa shape index (κ3) is 8.36. The molecule has 2 rings (SSSR count). The van der Waals surface area contributed by atoms with Crippen molar-refractivity contribution in [3.05, 3.63) is 0 Å². The quantitative estimate of drug-likeness (QED) is 0.501. The molecule has 2 aliphatic heterocycles. The average Bonchev–Trinajstić information content (AvgIpc) is 3.05. The third-order valence-corrected chi connectivity index (χ3v) is 5.85. The molecule has 4 atom stereocenters. The molecule has 3 unspecified atom stereocenters. The summed E-state index contributed by atoms with van der Waals surface area (Å²) in [5.41, 5.74) is 0. The molecule has 0 aromatic rings. The van der Waals surface area contributed by atoms with Crippen LogP contribution in [0.25, 0.3) is 0 Å². The van der Waals surface area contributed by atoms with Gasteiger partial charge < -0.3 is 29.8 Å². The molecule has 31 heavy (non-hydrogen) atoms. The molecule has 2 amide bonds. The van der Waals surface area contributed by atoms with Gasteiger partial charge in [0, 0.05) is 6.54 Å². The van der Waals surface area contributed by atoms with Gasteiger partial charge in [-0.05, 0) is 38.8 Å². The van der Waals surface area contributed by atoms with Crippen molar-refractivity contribution >= 4 is 17.8 Å². The van der Waals surface area contributed by atoms with Crippen LogP contribution in [0.2, 0.25) is 0 Å². The van der Waals surface area contributed by atoms with E-state index in [1.54, 1.807) is 0 Å². The molecule has 0 bridgehead atoms. The smallest absolute Gasteiger partial charge is 0.379 e. The zero-order valence-electron chi connectivity index (χ0n) is 19.4. The second kappa shape index (κ2) is 12.3. The van der Waals surface area contributed by atoms with E-state index >= 15 is 0 Å². The molecule has 10 heteroatoms. The number of hydroxylamine groups is 2. The molecule has 2 fully saturated rings. The second-order valence-corrected chi connectivity index (χ2v) is 8.97. The summed E-state index contributed by atoms with van der Waals surface area (Å²) in [5.74, 6) is -0.0371. The Labute approximate surface area is 184 Å². The first-order valence-electron chi connectivity index (χ1n) is 11.1. The number of Topliss-reactive ketones (excluding diaryl/α,β-unsaturated/α-hetero) is 1. The number of carbonyl (C=O) groups is 3. The normalized spacial score (nSPS) is 24.3. The summed E-state index contributed by atoms with van der Waals surface area (Å²) in [6, 6.07) is -1.52. The summed E-state index contributed by atoms with van der Waals surface area (Å²) in [6.45, 7) is 8.82. The Balaban J connectivity index is 2.00. The largest absolute Gasteiger partial charge is 0.426 e. The van der Waals surface area contributed by atoms with E-state index in [1.165, 1.54) is 5.06 Å². The number of morpholine rings is 1. The van der Waals surface area contributed by atoms with Crippen LogP contribution in [0.3, 0.4) is 0 Å². The Hall–Kier alpha value is -1.75. The zero-order valence-corrected chi connectivity index (χ0v) is 19.4. The zero-order chi connectivity index (χ0) is 23.0. The lowest BCUT2D eigenvalue weighted by molar-refractivity contribution is -0.147. The summed E-state index contributed by atoms with van der Waals surface area (Å²) in [5, 5.41) is 7.03. The molecular weight excluding hydrogens is 404 g/mol. The predicted octanol–water partition coefficient (Wildman–Crippen LogP) is 0.415. The summed E-state index contributed by atoms with van der Waals surface area (Å²) >= 11 is 0. The Morgan fingerprint density at radius 1 is 1.23 bits per heavy atom. The first kappa shape index (κ1) is 25.5. The monoisotopic (exact) mass is 442 g/mol. The molecule has 0 aliphatic carbocycles. The molecule has 10 nitrogen and oxygen atoms in total. The van der Waals surface area contributed by atoms with Crippen molar-refractivity contribution in [2.75, 3.05) is 53.6 Å². The lowest BCUT2D eigenvalue weighted by Gasteiger charge is -2.28. The molecule has 2 saturated heterocycles. The van der Waals surface area contributed by atoms with Gasteiger partial charge in [-0.3, -0.25) is 9.59 Å². The number of hydrogen-bond donors (Lipinski definition) is 2. The van der Waals surface area contributed by atoms with E-state index in [0.29, 0.717) is 45.1 Å². The third-order valence-electron chi connectivity index (χ3n) is 5.85. The van der Waals surface area contributed by atoms with Crippen LogP contribution in [0.15, 0.2) is 0 Å². The number of amides is 2. The minimum absolute atomic E-state index is 0.0113.